The number of fused-ring (bicyclic) bond motifs is 1. The van der Waals surface area contributed by atoms with E-state index in [0.717, 1.165) is 53.1 Å². The van der Waals surface area contributed by atoms with Gasteiger partial charge in [-0.15, -0.1) is 0 Å². The zero-order valence-electron chi connectivity index (χ0n) is 15.6. The van der Waals surface area contributed by atoms with E-state index >= 15 is 0 Å². The fourth-order valence-corrected chi connectivity index (χ4v) is 4.41. The molecule has 0 bridgehead atoms. The number of halogens is 2. The van der Waals surface area contributed by atoms with Gasteiger partial charge in [0.2, 0.25) is 0 Å². The van der Waals surface area contributed by atoms with Crippen molar-refractivity contribution in [3.63, 3.8) is 0 Å². The van der Waals surface area contributed by atoms with E-state index < -0.39 is 7.05 Å². The molecule has 1 fully saturated rings. The topological polar surface area (TPSA) is 65.7 Å². The Morgan fingerprint density at radius 1 is 1.36 bits per heavy atom. The summed E-state index contributed by atoms with van der Waals surface area (Å²) in [5.74, 6) is 0.849. The van der Waals surface area contributed by atoms with Crippen LogP contribution in [0.15, 0.2) is 41.0 Å². The summed E-state index contributed by atoms with van der Waals surface area (Å²) in [5.41, 5.74) is 2.40. The van der Waals surface area contributed by atoms with Crippen molar-refractivity contribution in [2.24, 2.45) is 0 Å². The quantitative estimate of drug-likeness (QED) is 0.557. The average molecular weight is 463 g/mol. The first-order valence-corrected chi connectivity index (χ1v) is 10.7. The summed E-state index contributed by atoms with van der Waals surface area (Å²) in [4.78, 5) is 6.90. The van der Waals surface area contributed by atoms with E-state index in [1.807, 2.05) is 37.2 Å². The van der Waals surface area contributed by atoms with Crippen molar-refractivity contribution in [3.05, 3.63) is 46.0 Å². The third kappa shape index (κ3) is 3.92. The molecule has 1 saturated heterocycles. The third-order valence-electron chi connectivity index (χ3n) is 5.25. The van der Waals surface area contributed by atoms with Gasteiger partial charge in [-0.1, -0.05) is 36.2 Å². The molecule has 146 valence electrons. The second-order valence-electron chi connectivity index (χ2n) is 7.13. The number of piperidine rings is 1. The van der Waals surface area contributed by atoms with Gasteiger partial charge >= 0.3 is 7.05 Å². The smallest absolute Gasteiger partial charge is 0.376 e. The Labute approximate surface area is 178 Å². The molecule has 1 atom stereocenters. The van der Waals surface area contributed by atoms with Gasteiger partial charge in [0, 0.05) is 29.2 Å². The summed E-state index contributed by atoms with van der Waals surface area (Å²) in [5, 5.41) is 18.7. The van der Waals surface area contributed by atoms with Crippen LogP contribution in [0.1, 0.15) is 19.3 Å². The number of hydrogen-bond donors (Lipinski definition) is 2. The van der Waals surface area contributed by atoms with Gasteiger partial charge in [-0.2, -0.15) is 9.61 Å². The van der Waals surface area contributed by atoms with E-state index in [9.17, 15) is 5.02 Å². The standard InChI is InChI=1S/C19H22BBrClN5O/c1-20(28)26-9-5-4-6-13(26)11-23-18-10-17(14-7-2-3-8-16(14)22)25-19-15(21)12-24-27(18)19/h2-3,7-8,10,12-13,23,28H,4-6,9,11H2,1H3. The highest BCUT2D eigenvalue weighted by atomic mass is 79.9. The summed E-state index contributed by atoms with van der Waals surface area (Å²) in [6.45, 7) is 3.49. The summed E-state index contributed by atoms with van der Waals surface area (Å²) in [7, 11) is -0.443. The first-order chi connectivity index (χ1) is 13.5. The number of nitrogens with zero attached hydrogens (tertiary/aromatic N) is 4. The van der Waals surface area contributed by atoms with E-state index in [4.69, 9.17) is 16.6 Å². The highest BCUT2D eigenvalue weighted by Gasteiger charge is 2.28. The monoisotopic (exact) mass is 461 g/mol. The van der Waals surface area contributed by atoms with Crippen LogP contribution in [0, 0.1) is 0 Å². The lowest BCUT2D eigenvalue weighted by Gasteiger charge is -2.36. The van der Waals surface area contributed by atoms with E-state index in [2.05, 4.69) is 31.2 Å². The average Bonchev–Trinajstić information content (AvgIpc) is 3.07. The van der Waals surface area contributed by atoms with Gasteiger partial charge in [0.05, 0.1) is 16.4 Å². The van der Waals surface area contributed by atoms with Crippen LogP contribution >= 0.6 is 27.5 Å². The molecule has 0 radical (unpaired) electrons. The fourth-order valence-electron chi connectivity index (χ4n) is 3.83. The molecule has 2 aromatic heterocycles. The van der Waals surface area contributed by atoms with E-state index in [0.29, 0.717) is 5.02 Å². The summed E-state index contributed by atoms with van der Waals surface area (Å²) < 4.78 is 2.62. The zero-order valence-corrected chi connectivity index (χ0v) is 18.0. The maximum absolute atomic E-state index is 10.1. The molecule has 0 amide bonds. The van der Waals surface area contributed by atoms with Gasteiger partial charge < -0.3 is 15.2 Å². The van der Waals surface area contributed by atoms with E-state index in [-0.39, 0.29) is 6.04 Å². The molecule has 0 saturated carbocycles. The van der Waals surface area contributed by atoms with Gasteiger partial charge in [-0.05, 0) is 48.2 Å². The van der Waals surface area contributed by atoms with Crippen LogP contribution in [-0.2, 0) is 0 Å². The van der Waals surface area contributed by atoms with Crippen molar-refractivity contribution in [1.82, 2.24) is 19.4 Å². The van der Waals surface area contributed by atoms with Crippen LogP contribution in [-0.4, -0.2) is 50.6 Å². The second kappa shape index (κ2) is 8.41. The van der Waals surface area contributed by atoms with Crippen molar-refractivity contribution >= 4 is 46.0 Å². The minimum atomic E-state index is -0.443. The molecule has 4 rings (SSSR count). The SMILES string of the molecule is CB(O)N1CCCCC1CNc1cc(-c2ccccc2Cl)nc2c(Br)cnn12. The summed E-state index contributed by atoms with van der Waals surface area (Å²) in [6.07, 6.45) is 5.11. The first-order valence-electron chi connectivity index (χ1n) is 9.51. The molecule has 9 heteroatoms. The third-order valence-corrected chi connectivity index (χ3v) is 6.14. The van der Waals surface area contributed by atoms with Crippen LogP contribution < -0.4 is 5.32 Å². The van der Waals surface area contributed by atoms with Gasteiger partial charge in [-0.3, -0.25) is 0 Å². The van der Waals surface area contributed by atoms with Crippen molar-refractivity contribution in [2.75, 3.05) is 18.4 Å². The lowest BCUT2D eigenvalue weighted by molar-refractivity contribution is 0.233. The summed E-state index contributed by atoms with van der Waals surface area (Å²) >= 11 is 9.93. The minimum absolute atomic E-state index is 0.278. The van der Waals surface area contributed by atoms with Crippen molar-refractivity contribution in [3.8, 4) is 11.3 Å². The molecule has 28 heavy (non-hydrogen) atoms. The van der Waals surface area contributed by atoms with E-state index in [1.54, 1.807) is 10.7 Å². The zero-order chi connectivity index (χ0) is 19.7. The molecular formula is C19H22BBrClN5O. The number of benzene rings is 1. The highest BCUT2D eigenvalue weighted by Crippen LogP contribution is 2.30. The lowest BCUT2D eigenvalue weighted by atomic mass is 9.80. The van der Waals surface area contributed by atoms with Crippen LogP contribution in [0.5, 0.6) is 0 Å². The molecule has 0 aliphatic carbocycles. The second-order valence-corrected chi connectivity index (χ2v) is 8.40. The van der Waals surface area contributed by atoms with Gasteiger partial charge in [0.15, 0.2) is 5.65 Å². The molecule has 1 aromatic carbocycles. The van der Waals surface area contributed by atoms with Crippen LogP contribution in [0.4, 0.5) is 5.82 Å². The Morgan fingerprint density at radius 3 is 2.96 bits per heavy atom. The Bertz CT molecular complexity index is 982. The van der Waals surface area contributed by atoms with Crippen molar-refractivity contribution < 1.29 is 5.02 Å². The Morgan fingerprint density at radius 2 is 2.18 bits per heavy atom. The number of nitrogens with one attached hydrogen (secondary N) is 1. The maximum atomic E-state index is 10.1. The molecule has 0 spiro atoms. The number of aromatic nitrogens is 3. The maximum Gasteiger partial charge on any atom is 0.376 e. The number of hydrogen-bond acceptors (Lipinski definition) is 5. The van der Waals surface area contributed by atoms with Crippen LogP contribution in [0.2, 0.25) is 11.8 Å². The van der Waals surface area contributed by atoms with Gasteiger partial charge in [0.25, 0.3) is 0 Å². The molecule has 1 unspecified atom stereocenters. The highest BCUT2D eigenvalue weighted by molar-refractivity contribution is 9.10. The van der Waals surface area contributed by atoms with Crippen molar-refractivity contribution in [2.45, 2.75) is 32.1 Å². The summed E-state index contributed by atoms with van der Waals surface area (Å²) in [6, 6.07) is 9.94. The molecule has 6 nitrogen and oxygen atoms in total. The lowest BCUT2D eigenvalue weighted by Crippen LogP contribution is -2.50. The van der Waals surface area contributed by atoms with Crippen LogP contribution in [0.25, 0.3) is 16.9 Å². The fraction of sp³-hybridized carbons (Fsp3) is 0.368. The molecular weight excluding hydrogens is 440 g/mol. The Kier molecular flexibility index (Phi) is 5.92. The predicted molar refractivity (Wildman–Crippen MR) is 118 cm³/mol. The number of rotatable bonds is 5. The minimum Gasteiger partial charge on any atom is -0.437 e. The normalized spacial score (nSPS) is 17.8. The largest absolute Gasteiger partial charge is 0.437 e. The predicted octanol–water partition coefficient (Wildman–Crippen LogP) is 4.19. The first kappa shape index (κ1) is 19.7. The van der Waals surface area contributed by atoms with Gasteiger partial charge in [0.1, 0.15) is 5.82 Å². The molecule has 1 aliphatic rings. The van der Waals surface area contributed by atoms with E-state index in [1.165, 1.54) is 6.42 Å². The Hall–Kier alpha value is -1.61. The molecule has 3 heterocycles. The molecule has 3 aromatic rings. The molecule has 2 N–H and O–H groups in total. The van der Waals surface area contributed by atoms with Crippen LogP contribution in [0.3, 0.4) is 0 Å². The molecule has 1 aliphatic heterocycles. The van der Waals surface area contributed by atoms with Crippen molar-refractivity contribution in [1.29, 1.82) is 0 Å². The van der Waals surface area contributed by atoms with Gasteiger partial charge in [-0.25, -0.2) is 4.98 Å². The Balaban J connectivity index is 1.67. The number of anilines is 1.